The average Bonchev–Trinajstić information content (AvgIpc) is 3.14. The highest BCUT2D eigenvalue weighted by Gasteiger charge is 2.26. The number of thiophene rings is 1. The molecular formula is C25H27ClN2O5S. The fraction of sp³-hybridized carbons (Fsp3) is 0.280. The van der Waals surface area contributed by atoms with E-state index in [2.05, 4.69) is 5.32 Å². The Balaban J connectivity index is 1.77. The minimum Gasteiger partial charge on any atom is -0.493 e. The van der Waals surface area contributed by atoms with Crippen molar-refractivity contribution in [2.24, 2.45) is 0 Å². The Morgan fingerprint density at radius 1 is 1.06 bits per heavy atom. The summed E-state index contributed by atoms with van der Waals surface area (Å²) in [5.41, 5.74) is 2.56. The van der Waals surface area contributed by atoms with Gasteiger partial charge in [0.1, 0.15) is 14.9 Å². The van der Waals surface area contributed by atoms with Gasteiger partial charge in [-0.05, 0) is 37.2 Å². The van der Waals surface area contributed by atoms with E-state index in [-0.39, 0.29) is 24.6 Å². The number of rotatable bonds is 10. The predicted molar refractivity (Wildman–Crippen MR) is 135 cm³/mol. The molecule has 1 N–H and O–H groups in total. The molecule has 0 aliphatic carbocycles. The van der Waals surface area contributed by atoms with Crippen LogP contribution in [0.5, 0.6) is 11.5 Å². The molecule has 34 heavy (non-hydrogen) atoms. The number of carbonyl (C=O) groups is 2. The van der Waals surface area contributed by atoms with Crippen molar-refractivity contribution in [1.82, 2.24) is 4.90 Å². The molecule has 0 spiro atoms. The van der Waals surface area contributed by atoms with E-state index in [1.807, 2.05) is 60.5 Å². The third kappa shape index (κ3) is 6.08. The maximum Gasteiger partial charge on any atom is 0.341 e. The summed E-state index contributed by atoms with van der Waals surface area (Å²) in [6, 6.07) is 14.9. The van der Waals surface area contributed by atoms with E-state index in [1.54, 1.807) is 21.1 Å². The number of benzene rings is 2. The molecule has 180 valence electrons. The highest BCUT2D eigenvalue weighted by Crippen LogP contribution is 2.44. The molecule has 1 aromatic heterocycles. The number of methoxy groups -OCH3 is 2. The lowest BCUT2D eigenvalue weighted by molar-refractivity contribution is -0.117. The first-order valence-corrected chi connectivity index (χ1v) is 11.8. The Morgan fingerprint density at radius 3 is 2.41 bits per heavy atom. The minimum atomic E-state index is -0.529. The van der Waals surface area contributed by atoms with Crippen LogP contribution in [0, 0.1) is 0 Å². The molecule has 0 saturated carbocycles. The molecule has 9 heteroatoms. The summed E-state index contributed by atoms with van der Waals surface area (Å²) in [4.78, 5) is 27.5. The number of ether oxygens (including phenoxy) is 3. The number of halogens is 1. The molecular weight excluding hydrogens is 476 g/mol. The van der Waals surface area contributed by atoms with E-state index >= 15 is 0 Å². The largest absolute Gasteiger partial charge is 0.493 e. The standard InChI is InChI=1S/C25H27ClN2O5S/c1-5-33-25(30)22-21(17-9-7-6-8-10-17)23(26)34-24(22)27-20(29)15-28(2)14-16-11-12-18(31-3)19(13-16)32-4/h6-13H,5,14-15H2,1-4H3,(H,27,29). The zero-order chi connectivity index (χ0) is 24.7. The molecule has 1 heterocycles. The highest BCUT2D eigenvalue weighted by atomic mass is 35.5. The van der Waals surface area contributed by atoms with Crippen molar-refractivity contribution in [3.05, 3.63) is 64.0 Å². The van der Waals surface area contributed by atoms with Crippen LogP contribution in [-0.4, -0.2) is 51.2 Å². The van der Waals surface area contributed by atoms with Crippen molar-refractivity contribution >= 4 is 39.8 Å². The SMILES string of the molecule is CCOC(=O)c1c(NC(=O)CN(C)Cc2ccc(OC)c(OC)c2)sc(Cl)c1-c1ccccc1. The van der Waals surface area contributed by atoms with Gasteiger partial charge in [0.25, 0.3) is 0 Å². The van der Waals surface area contributed by atoms with Crippen LogP contribution in [0.4, 0.5) is 5.00 Å². The van der Waals surface area contributed by atoms with E-state index in [1.165, 1.54) is 0 Å². The Morgan fingerprint density at radius 2 is 1.76 bits per heavy atom. The molecule has 3 aromatic rings. The van der Waals surface area contributed by atoms with Crippen LogP contribution in [0.15, 0.2) is 48.5 Å². The molecule has 0 saturated heterocycles. The van der Waals surface area contributed by atoms with Gasteiger partial charge in [-0.1, -0.05) is 48.0 Å². The van der Waals surface area contributed by atoms with Crippen molar-refractivity contribution in [1.29, 1.82) is 0 Å². The van der Waals surface area contributed by atoms with E-state index in [9.17, 15) is 9.59 Å². The number of carbonyl (C=O) groups excluding carboxylic acids is 2. The fourth-order valence-electron chi connectivity index (χ4n) is 3.51. The average molecular weight is 503 g/mol. The second-order valence-electron chi connectivity index (χ2n) is 7.45. The summed E-state index contributed by atoms with van der Waals surface area (Å²) >= 11 is 7.65. The van der Waals surface area contributed by atoms with Gasteiger partial charge in [-0.25, -0.2) is 4.79 Å². The normalized spacial score (nSPS) is 10.8. The van der Waals surface area contributed by atoms with E-state index < -0.39 is 5.97 Å². The van der Waals surface area contributed by atoms with Gasteiger partial charge in [0.2, 0.25) is 5.91 Å². The van der Waals surface area contributed by atoms with Crippen molar-refractivity contribution in [2.75, 3.05) is 39.7 Å². The molecule has 0 aliphatic heterocycles. The monoisotopic (exact) mass is 502 g/mol. The Bertz CT molecular complexity index is 1150. The third-order valence-corrected chi connectivity index (χ3v) is 6.29. The number of hydrogen-bond acceptors (Lipinski definition) is 7. The van der Waals surface area contributed by atoms with Gasteiger partial charge in [0, 0.05) is 12.1 Å². The van der Waals surface area contributed by atoms with Crippen molar-refractivity contribution in [3.63, 3.8) is 0 Å². The molecule has 3 rings (SSSR count). The first-order chi connectivity index (χ1) is 16.4. The zero-order valence-electron chi connectivity index (χ0n) is 19.5. The van der Waals surface area contributed by atoms with Crippen LogP contribution in [-0.2, 0) is 16.1 Å². The van der Waals surface area contributed by atoms with Gasteiger partial charge < -0.3 is 19.5 Å². The van der Waals surface area contributed by atoms with Gasteiger partial charge in [-0.3, -0.25) is 9.69 Å². The van der Waals surface area contributed by atoms with Crippen LogP contribution in [0.1, 0.15) is 22.8 Å². The highest BCUT2D eigenvalue weighted by molar-refractivity contribution is 7.21. The van der Waals surface area contributed by atoms with E-state index in [0.29, 0.717) is 32.9 Å². The first kappa shape index (κ1) is 25.6. The molecule has 0 radical (unpaired) electrons. The van der Waals surface area contributed by atoms with Gasteiger partial charge in [0.15, 0.2) is 11.5 Å². The van der Waals surface area contributed by atoms with Crippen LogP contribution < -0.4 is 14.8 Å². The summed E-state index contributed by atoms with van der Waals surface area (Å²) in [5.74, 6) is 0.463. The molecule has 7 nitrogen and oxygen atoms in total. The Kier molecular flexibility index (Phi) is 8.92. The van der Waals surface area contributed by atoms with Gasteiger partial charge >= 0.3 is 5.97 Å². The maximum absolute atomic E-state index is 12.8. The number of likely N-dealkylation sites (N-methyl/N-ethyl adjacent to an activating group) is 1. The summed E-state index contributed by atoms with van der Waals surface area (Å²) in [7, 11) is 4.99. The lowest BCUT2D eigenvalue weighted by Crippen LogP contribution is -2.30. The van der Waals surface area contributed by atoms with E-state index in [0.717, 1.165) is 22.5 Å². The maximum atomic E-state index is 12.8. The van der Waals surface area contributed by atoms with E-state index in [4.69, 9.17) is 25.8 Å². The van der Waals surface area contributed by atoms with Gasteiger partial charge in [-0.2, -0.15) is 0 Å². The van der Waals surface area contributed by atoms with Gasteiger partial charge in [0.05, 0.1) is 27.4 Å². The number of amides is 1. The second kappa shape index (κ2) is 11.9. The second-order valence-corrected chi connectivity index (χ2v) is 9.07. The topological polar surface area (TPSA) is 77.1 Å². The minimum absolute atomic E-state index is 0.104. The summed E-state index contributed by atoms with van der Waals surface area (Å²) in [6.07, 6.45) is 0. The summed E-state index contributed by atoms with van der Waals surface area (Å²) < 4.78 is 16.3. The number of anilines is 1. The Labute approximate surface area is 208 Å². The van der Waals surface area contributed by atoms with Crippen LogP contribution in [0.3, 0.4) is 0 Å². The molecule has 0 fully saturated rings. The van der Waals surface area contributed by atoms with Crippen molar-refractivity contribution in [3.8, 4) is 22.6 Å². The number of nitrogens with zero attached hydrogens (tertiary/aromatic N) is 1. The fourth-order valence-corrected chi connectivity index (χ4v) is 4.90. The number of esters is 1. The number of hydrogen-bond donors (Lipinski definition) is 1. The smallest absolute Gasteiger partial charge is 0.341 e. The number of nitrogens with one attached hydrogen (secondary N) is 1. The van der Waals surface area contributed by atoms with Gasteiger partial charge in [-0.15, -0.1) is 11.3 Å². The summed E-state index contributed by atoms with van der Waals surface area (Å²) in [5, 5.41) is 3.21. The lowest BCUT2D eigenvalue weighted by atomic mass is 10.0. The first-order valence-electron chi connectivity index (χ1n) is 10.6. The Hall–Kier alpha value is -3.07. The van der Waals surface area contributed by atoms with Crippen LogP contribution >= 0.6 is 22.9 Å². The zero-order valence-corrected chi connectivity index (χ0v) is 21.1. The lowest BCUT2D eigenvalue weighted by Gasteiger charge is -2.17. The van der Waals surface area contributed by atoms with Crippen molar-refractivity contribution < 1.29 is 23.8 Å². The molecule has 0 atom stereocenters. The third-order valence-electron chi connectivity index (χ3n) is 4.97. The molecule has 0 aliphatic rings. The predicted octanol–water partition coefficient (Wildman–Crippen LogP) is 5.33. The summed E-state index contributed by atoms with van der Waals surface area (Å²) in [6.45, 7) is 2.56. The molecule has 0 unspecified atom stereocenters. The molecule has 0 bridgehead atoms. The van der Waals surface area contributed by atoms with Crippen molar-refractivity contribution in [2.45, 2.75) is 13.5 Å². The van der Waals surface area contributed by atoms with Crippen LogP contribution in [0.2, 0.25) is 4.34 Å². The molecule has 2 aromatic carbocycles. The van der Waals surface area contributed by atoms with Crippen LogP contribution in [0.25, 0.3) is 11.1 Å². The molecule has 1 amide bonds. The quantitative estimate of drug-likeness (QED) is 0.377.